The molecule has 3 aromatic rings. The molecule has 9 heterocycles. The average molecular weight is 1600 g/mol. The van der Waals surface area contributed by atoms with E-state index in [9.17, 15) is 67.4 Å². The van der Waals surface area contributed by atoms with Gasteiger partial charge in [0.15, 0.2) is 0 Å². The number of allylic oxidation sites excluding steroid dienone is 1. The fourth-order valence-corrected chi connectivity index (χ4v) is 11.0. The van der Waals surface area contributed by atoms with Crippen molar-refractivity contribution in [2.24, 2.45) is 0 Å². The van der Waals surface area contributed by atoms with Crippen LogP contribution in [0.25, 0.3) is 0 Å². The Kier molecular flexibility index (Phi) is 29.7. The molecule has 530 valence electrons. The lowest BCUT2D eigenvalue weighted by Crippen LogP contribution is -2.51. The number of aromatic nitrogens is 6. The van der Waals surface area contributed by atoms with Crippen LogP contribution in [0.4, 0.5) is 4.79 Å². The number of esters is 6. The minimum absolute atomic E-state index is 0.0672. The van der Waals surface area contributed by atoms with Crippen molar-refractivity contribution in [3.05, 3.63) is 117 Å². The SMILES string of the molecule is CC(=O)OCC1OC(N2C=C3C=C(CCCC#N)OC3NC2=O)CC1OC(C)=O.CC(=O)OCC1OC(n2cc(C#CCCCC#N)c(=O)[nH]c2=O)CC1OC(C)=O.CC(=O)OCC1OC(n2cc(I)c(=O)[nH]c2=O)CC1OC(C)=O.O=c1[nH]c(=O)n(C2CC(O)C(CO)O2)cc1I. The minimum atomic E-state index is -0.844. The van der Waals surface area contributed by atoms with Gasteiger partial charge in [-0.25, -0.2) is 19.2 Å². The number of nitrogens with zero attached hydrogens (tertiary/aromatic N) is 6. The van der Waals surface area contributed by atoms with E-state index >= 15 is 0 Å². The predicted octanol–water partition coefficient (Wildman–Crippen LogP) is 0.509. The number of H-pyrrole nitrogens is 3. The summed E-state index contributed by atoms with van der Waals surface area (Å²) >= 11 is 3.60. The van der Waals surface area contributed by atoms with Gasteiger partial charge in [-0.15, -0.1) is 0 Å². The molecule has 0 radical (unpaired) electrons. The third-order valence-corrected chi connectivity index (χ3v) is 16.0. The average Bonchev–Trinajstić information content (AvgIpc) is 1.64. The molecule has 0 aromatic carbocycles. The van der Waals surface area contributed by atoms with Crippen molar-refractivity contribution in [1.82, 2.24) is 38.9 Å². The lowest BCUT2D eigenvalue weighted by Gasteiger charge is -2.31. The van der Waals surface area contributed by atoms with Crippen LogP contribution >= 0.6 is 45.2 Å². The number of halogens is 2. The molecule has 36 nitrogen and oxygen atoms in total. The van der Waals surface area contributed by atoms with Crippen LogP contribution in [-0.4, -0.2) is 173 Å². The summed E-state index contributed by atoms with van der Waals surface area (Å²) in [4.78, 5) is 158. The Hall–Kier alpha value is -8.83. The first kappa shape index (κ1) is 78.2. The Balaban J connectivity index is 0.000000210. The van der Waals surface area contributed by atoms with E-state index in [2.05, 4.69) is 38.2 Å². The van der Waals surface area contributed by atoms with Gasteiger partial charge in [-0.2, -0.15) is 10.5 Å². The number of urea groups is 1. The molecule has 3 aromatic heterocycles. The topological polar surface area (TPSA) is 489 Å². The number of aliphatic hydroxyl groups is 2. The van der Waals surface area contributed by atoms with Gasteiger partial charge in [0.1, 0.15) is 93.0 Å². The van der Waals surface area contributed by atoms with E-state index in [-0.39, 0.29) is 57.7 Å². The lowest BCUT2D eigenvalue weighted by molar-refractivity contribution is -0.157. The van der Waals surface area contributed by atoms with E-state index in [1.807, 2.05) is 12.1 Å². The summed E-state index contributed by atoms with van der Waals surface area (Å²) < 4.78 is 63.0. The Labute approximate surface area is 582 Å². The van der Waals surface area contributed by atoms with Crippen molar-refractivity contribution >= 4 is 87.0 Å². The number of nitriles is 2. The highest BCUT2D eigenvalue weighted by Crippen LogP contribution is 2.35. The summed E-state index contributed by atoms with van der Waals surface area (Å²) in [5, 5.41) is 38.4. The summed E-state index contributed by atoms with van der Waals surface area (Å²) in [6.07, 6.45) is 2.19. The number of carbonyl (C=O) groups excluding carboxylic acids is 7. The first-order valence-electron chi connectivity index (χ1n) is 30.1. The zero-order valence-electron chi connectivity index (χ0n) is 53.4. The third-order valence-electron chi connectivity index (χ3n) is 14.5. The number of nitrogens with one attached hydrogen (secondary N) is 4. The summed E-state index contributed by atoms with van der Waals surface area (Å²) in [5.41, 5.74) is -2.68. The molecule has 6 aliphatic rings. The molecule has 13 atom stereocenters. The van der Waals surface area contributed by atoms with Crippen LogP contribution in [0.1, 0.15) is 130 Å². The van der Waals surface area contributed by atoms with Crippen LogP contribution in [-0.2, 0) is 80.9 Å². The van der Waals surface area contributed by atoms with E-state index < -0.39 is 156 Å². The highest BCUT2D eigenvalue weighted by Gasteiger charge is 2.46. The summed E-state index contributed by atoms with van der Waals surface area (Å²) in [5.74, 6) is 3.17. The minimum Gasteiger partial charge on any atom is -0.471 e. The van der Waals surface area contributed by atoms with Gasteiger partial charge in [-0.1, -0.05) is 11.8 Å². The first-order valence-corrected chi connectivity index (χ1v) is 32.2. The van der Waals surface area contributed by atoms with Crippen LogP contribution in [0.3, 0.4) is 0 Å². The van der Waals surface area contributed by atoms with Crippen molar-refractivity contribution in [2.45, 2.75) is 186 Å². The zero-order chi connectivity index (χ0) is 72.1. The molecule has 38 heteroatoms. The molecule has 0 aliphatic carbocycles. The number of amides is 2. The van der Waals surface area contributed by atoms with Crippen molar-refractivity contribution < 1.29 is 95.9 Å². The molecule has 98 heavy (non-hydrogen) atoms. The number of hydrogen-bond acceptors (Lipinski definition) is 28. The third kappa shape index (κ3) is 22.9. The Morgan fingerprint density at radius 1 is 0.571 bits per heavy atom. The number of aliphatic hydroxyl groups excluding tert-OH is 2. The highest BCUT2D eigenvalue weighted by molar-refractivity contribution is 14.1. The van der Waals surface area contributed by atoms with E-state index in [1.165, 1.54) is 74.2 Å². The molecule has 9 rings (SSSR count). The highest BCUT2D eigenvalue weighted by atomic mass is 127. The number of hydrogen-bond donors (Lipinski definition) is 6. The van der Waals surface area contributed by atoms with Gasteiger partial charge in [-0.3, -0.25) is 82.0 Å². The van der Waals surface area contributed by atoms with E-state index in [0.29, 0.717) is 51.4 Å². The first-order chi connectivity index (χ1) is 46.5. The number of fused-ring (bicyclic) bond motifs is 1. The molecule has 4 fully saturated rings. The van der Waals surface area contributed by atoms with Crippen LogP contribution in [0, 0.1) is 41.6 Å². The van der Waals surface area contributed by atoms with Crippen molar-refractivity contribution in [2.75, 3.05) is 26.4 Å². The van der Waals surface area contributed by atoms with Gasteiger partial charge < -0.3 is 62.3 Å². The molecule has 0 bridgehead atoms. The van der Waals surface area contributed by atoms with E-state index in [4.69, 9.17) is 67.7 Å². The molecular weight excluding hydrogens is 1530 g/mol. The van der Waals surface area contributed by atoms with E-state index in [0.717, 1.165) is 10.1 Å². The van der Waals surface area contributed by atoms with Crippen LogP contribution in [0.15, 0.2) is 71.0 Å². The molecule has 13 unspecified atom stereocenters. The van der Waals surface area contributed by atoms with Crippen molar-refractivity contribution in [3.8, 4) is 24.0 Å². The van der Waals surface area contributed by atoms with Gasteiger partial charge in [0.05, 0.1) is 37.7 Å². The molecule has 0 spiro atoms. The van der Waals surface area contributed by atoms with Gasteiger partial charge >= 0.3 is 58.9 Å². The maximum atomic E-state index is 12.5. The fraction of sp³-hybridized carbons (Fsp3) is 0.550. The maximum Gasteiger partial charge on any atom is 0.330 e. The molecule has 6 N–H and O–H groups in total. The maximum absolute atomic E-state index is 12.5. The van der Waals surface area contributed by atoms with Gasteiger partial charge in [-0.05, 0) is 64.1 Å². The fourth-order valence-electron chi connectivity index (χ4n) is 10.1. The van der Waals surface area contributed by atoms with Crippen LogP contribution < -0.4 is 39.1 Å². The summed E-state index contributed by atoms with van der Waals surface area (Å²) in [6.45, 7) is 6.91. The van der Waals surface area contributed by atoms with Gasteiger partial charge in [0.25, 0.3) is 16.7 Å². The predicted molar refractivity (Wildman–Crippen MR) is 345 cm³/mol. The number of carbonyl (C=O) groups is 7. The van der Waals surface area contributed by atoms with Crippen molar-refractivity contribution in [1.29, 1.82) is 10.5 Å². The second-order valence-electron chi connectivity index (χ2n) is 22.0. The Morgan fingerprint density at radius 2 is 0.990 bits per heavy atom. The monoisotopic (exact) mass is 1600 g/mol. The molecule has 4 saturated heterocycles. The molecule has 0 saturated carbocycles. The molecular formula is C60H70I2N10O26. The van der Waals surface area contributed by atoms with Crippen LogP contribution in [0.5, 0.6) is 0 Å². The zero-order valence-corrected chi connectivity index (χ0v) is 57.7. The van der Waals surface area contributed by atoms with Gasteiger partial charge in [0.2, 0.25) is 6.23 Å². The number of ether oxygens (including phenoxy) is 11. The van der Waals surface area contributed by atoms with Crippen LogP contribution in [0.2, 0.25) is 0 Å². The second-order valence-corrected chi connectivity index (χ2v) is 24.3. The molecule has 2 amide bonds. The molecule has 6 aliphatic heterocycles. The lowest BCUT2D eigenvalue weighted by atomic mass is 10.1. The largest absolute Gasteiger partial charge is 0.471 e. The van der Waals surface area contributed by atoms with E-state index in [1.54, 1.807) is 51.4 Å². The van der Waals surface area contributed by atoms with Gasteiger partial charge in [0, 0.05) is 123 Å². The number of unbranched alkanes of at least 4 members (excludes halogenated alkanes) is 3. The Bertz CT molecular complexity index is 4020. The second kappa shape index (κ2) is 37.2. The summed E-state index contributed by atoms with van der Waals surface area (Å²) in [6, 6.07) is 3.68. The number of rotatable bonds is 19. The Morgan fingerprint density at radius 3 is 1.43 bits per heavy atom. The quantitative estimate of drug-likeness (QED) is 0.0313. The standard InChI is InChI=1S/C19H23N3O7.C19H21N3O7.C13H15IN2O7.C9H11IN2O5/c1-11(23)26-10-16-15(27-12(2)24)8-17(29-16)22-9-13-7-14(5-3-4-6-20)28-18(13)21-19(22)25;1-12(23)27-11-16-15(28-13(2)24)9-17(29-16)22-10-14(18(25)21-19(22)26)7-5-3-4-6-8-20;1-6(17)21-5-10-9(22-7(2)18)3-11(23-10)16-4-8(14)12(19)15-13(16)20;10-4-2-12(9(16)11-8(4)15)7-1-5(14)6(3-13)17-7/h7,9,15-18H,3-5,8,10H2,1-2H3,(H,21,25);10,15-17H,3-4,6,9,11H2,1-2H3,(H,21,25,26);4,9-11H,3,5H2,1-2H3,(H,15,19,20);2,5-7,13-14H,1,3H2,(H,11,15,16). The summed E-state index contributed by atoms with van der Waals surface area (Å²) in [7, 11) is 0. The normalized spacial score (nSPS) is 24.7. The smallest absolute Gasteiger partial charge is 0.330 e. The van der Waals surface area contributed by atoms with Crippen molar-refractivity contribution in [3.63, 3.8) is 0 Å². The number of aromatic amines is 3.